The smallest absolute Gasteiger partial charge is 0.345 e. The first-order valence-corrected chi connectivity index (χ1v) is 10.4. The molecule has 1 N–H and O–H groups in total. The third-order valence-electron chi connectivity index (χ3n) is 5.66. The van der Waals surface area contributed by atoms with E-state index in [4.69, 9.17) is 4.42 Å². The van der Waals surface area contributed by atoms with Crippen molar-refractivity contribution in [3.8, 4) is 0 Å². The number of furan rings is 1. The minimum Gasteiger partial charge on any atom is -0.464 e. The van der Waals surface area contributed by atoms with Crippen molar-refractivity contribution >= 4 is 16.9 Å². The average molecular weight is 396 g/mol. The number of hydrogen-bond donors (Lipinski definition) is 1. The zero-order valence-corrected chi connectivity index (χ0v) is 17.3. The maximum Gasteiger partial charge on any atom is 0.345 e. The Hall–Kier alpha value is -2.83. The van der Waals surface area contributed by atoms with Gasteiger partial charge in [-0.15, -0.1) is 0 Å². The Balaban J connectivity index is 1.41. The largest absolute Gasteiger partial charge is 0.464 e. The van der Waals surface area contributed by atoms with E-state index in [2.05, 4.69) is 16.5 Å². The Kier molecular flexibility index (Phi) is 5.30. The molecule has 0 radical (unpaired) electrons. The fourth-order valence-electron chi connectivity index (χ4n) is 4.34. The summed E-state index contributed by atoms with van der Waals surface area (Å²) in [4.78, 5) is 25.1. The maximum atomic E-state index is 12.7. The Morgan fingerprint density at radius 3 is 2.93 bits per heavy atom. The molecule has 0 aliphatic carbocycles. The molecule has 1 aromatic carbocycles. The van der Waals surface area contributed by atoms with Crippen LogP contribution in [0.25, 0.3) is 11.0 Å². The van der Waals surface area contributed by atoms with Crippen LogP contribution in [-0.4, -0.2) is 26.3 Å². The van der Waals surface area contributed by atoms with E-state index in [1.54, 1.807) is 15.5 Å². The van der Waals surface area contributed by atoms with Crippen molar-refractivity contribution in [2.24, 2.45) is 0 Å². The van der Waals surface area contributed by atoms with Crippen molar-refractivity contribution in [3.05, 3.63) is 51.4 Å². The van der Waals surface area contributed by atoms with Gasteiger partial charge in [-0.3, -0.25) is 9.36 Å². The molecule has 0 bridgehead atoms. The fourth-order valence-corrected chi connectivity index (χ4v) is 4.34. The number of rotatable bonds is 5. The quantitative estimate of drug-likeness (QED) is 0.719. The van der Waals surface area contributed by atoms with E-state index in [0.717, 1.165) is 52.7 Å². The van der Waals surface area contributed by atoms with Gasteiger partial charge in [0.25, 0.3) is 0 Å². The Labute approximate surface area is 169 Å². The molecule has 3 aromatic rings. The highest BCUT2D eigenvalue weighted by Gasteiger charge is 2.22. The first kappa shape index (κ1) is 19.5. The van der Waals surface area contributed by atoms with E-state index >= 15 is 0 Å². The van der Waals surface area contributed by atoms with Crippen LogP contribution in [0.3, 0.4) is 0 Å². The van der Waals surface area contributed by atoms with Crippen LogP contribution in [0.15, 0.2) is 27.6 Å². The summed E-state index contributed by atoms with van der Waals surface area (Å²) in [6.07, 6.45) is 5.09. The lowest BCUT2D eigenvalue weighted by Gasteiger charge is -2.16. The van der Waals surface area contributed by atoms with Gasteiger partial charge in [0, 0.05) is 36.5 Å². The molecular formula is C22H28N4O3. The topological polar surface area (TPSA) is 82.1 Å². The third kappa shape index (κ3) is 3.86. The fraction of sp³-hybridized carbons (Fsp3) is 0.500. The first-order chi connectivity index (χ1) is 14.0. The lowest BCUT2D eigenvalue weighted by atomic mass is 10.0. The van der Waals surface area contributed by atoms with Gasteiger partial charge in [-0.1, -0.05) is 13.0 Å². The number of benzene rings is 1. The highest BCUT2D eigenvalue weighted by Crippen LogP contribution is 2.26. The van der Waals surface area contributed by atoms with Crippen LogP contribution in [0.4, 0.5) is 0 Å². The van der Waals surface area contributed by atoms with Gasteiger partial charge in [-0.05, 0) is 50.3 Å². The van der Waals surface area contributed by atoms with E-state index in [1.807, 2.05) is 26.8 Å². The van der Waals surface area contributed by atoms with Gasteiger partial charge in [0.2, 0.25) is 5.91 Å². The molecule has 0 saturated carbocycles. The molecule has 1 aliphatic rings. The van der Waals surface area contributed by atoms with Gasteiger partial charge in [-0.2, -0.15) is 5.10 Å². The highest BCUT2D eigenvalue weighted by atomic mass is 16.3. The van der Waals surface area contributed by atoms with Crippen LogP contribution in [0.2, 0.25) is 0 Å². The van der Waals surface area contributed by atoms with E-state index in [9.17, 15) is 9.59 Å². The van der Waals surface area contributed by atoms with Crippen molar-refractivity contribution < 1.29 is 9.21 Å². The minimum absolute atomic E-state index is 0.0133. The molecule has 0 spiro atoms. The number of carbonyl (C=O) groups excluding carboxylic acids is 1. The van der Waals surface area contributed by atoms with Gasteiger partial charge < -0.3 is 9.73 Å². The molecule has 7 nitrogen and oxygen atoms in total. The summed E-state index contributed by atoms with van der Waals surface area (Å²) in [5, 5.41) is 8.64. The second kappa shape index (κ2) is 7.89. The number of aryl methyl sites for hydroxylation is 4. The molecule has 4 rings (SSSR count). The molecule has 0 fully saturated rings. The SMILES string of the molecule is CCCn1nc2n(c1=O)CCC(NC(=O)Cc1coc3cc(C)cc(C)c13)CC2. The summed E-state index contributed by atoms with van der Waals surface area (Å²) in [5.74, 6) is 0.813. The van der Waals surface area contributed by atoms with Crippen molar-refractivity contribution in [1.82, 2.24) is 19.7 Å². The monoisotopic (exact) mass is 396 g/mol. The standard InChI is InChI=1S/C22H28N4O3/c1-4-8-26-22(28)25-9-7-17(5-6-19(25)24-26)23-20(27)12-16-13-29-18-11-14(2)10-15(3)21(16)18/h10-11,13,17H,4-9,12H2,1-3H3,(H,23,27). The van der Waals surface area contributed by atoms with Crippen molar-refractivity contribution in [2.75, 3.05) is 0 Å². The lowest BCUT2D eigenvalue weighted by Crippen LogP contribution is -2.36. The molecule has 1 atom stereocenters. The number of carbonyl (C=O) groups is 1. The Morgan fingerprint density at radius 1 is 1.31 bits per heavy atom. The normalized spacial score (nSPS) is 16.6. The van der Waals surface area contributed by atoms with E-state index in [-0.39, 0.29) is 17.6 Å². The molecule has 0 saturated heterocycles. The van der Waals surface area contributed by atoms with Crippen LogP contribution in [-0.2, 0) is 30.7 Å². The average Bonchev–Trinajstić information content (AvgIpc) is 3.12. The van der Waals surface area contributed by atoms with Crippen LogP contribution in [0.1, 0.15) is 48.7 Å². The van der Waals surface area contributed by atoms with Crippen molar-refractivity contribution in [3.63, 3.8) is 0 Å². The third-order valence-corrected chi connectivity index (χ3v) is 5.66. The lowest BCUT2D eigenvalue weighted by molar-refractivity contribution is -0.121. The molecule has 2 aromatic heterocycles. The highest BCUT2D eigenvalue weighted by molar-refractivity contribution is 5.90. The molecular weight excluding hydrogens is 368 g/mol. The van der Waals surface area contributed by atoms with Gasteiger partial charge in [0.15, 0.2) is 0 Å². The second-order valence-electron chi connectivity index (χ2n) is 8.06. The maximum absolute atomic E-state index is 12.7. The number of aromatic nitrogens is 3. The first-order valence-electron chi connectivity index (χ1n) is 10.4. The predicted molar refractivity (Wildman–Crippen MR) is 111 cm³/mol. The Morgan fingerprint density at radius 2 is 2.14 bits per heavy atom. The van der Waals surface area contributed by atoms with Crippen LogP contribution < -0.4 is 11.0 Å². The van der Waals surface area contributed by atoms with Crippen LogP contribution >= 0.6 is 0 Å². The summed E-state index contributed by atoms with van der Waals surface area (Å²) in [6.45, 7) is 7.36. The molecule has 154 valence electrons. The molecule has 1 unspecified atom stereocenters. The molecule has 7 heteroatoms. The van der Waals surface area contributed by atoms with Gasteiger partial charge in [-0.25, -0.2) is 9.48 Å². The van der Waals surface area contributed by atoms with E-state index in [0.29, 0.717) is 25.9 Å². The van der Waals surface area contributed by atoms with Crippen molar-refractivity contribution in [2.45, 2.75) is 72.0 Å². The van der Waals surface area contributed by atoms with Crippen LogP contribution in [0, 0.1) is 13.8 Å². The van der Waals surface area contributed by atoms with Gasteiger partial charge in [0.05, 0.1) is 12.7 Å². The van der Waals surface area contributed by atoms with Crippen molar-refractivity contribution in [1.29, 1.82) is 0 Å². The summed E-state index contributed by atoms with van der Waals surface area (Å²) in [5.41, 5.74) is 3.98. The number of amides is 1. The molecule has 3 heterocycles. The molecule has 29 heavy (non-hydrogen) atoms. The van der Waals surface area contributed by atoms with Gasteiger partial charge >= 0.3 is 5.69 Å². The zero-order valence-electron chi connectivity index (χ0n) is 17.3. The number of fused-ring (bicyclic) bond motifs is 2. The van der Waals surface area contributed by atoms with E-state index in [1.165, 1.54) is 0 Å². The Bertz CT molecular complexity index is 1110. The summed E-state index contributed by atoms with van der Waals surface area (Å²) in [6, 6.07) is 4.16. The number of hydrogen-bond acceptors (Lipinski definition) is 4. The second-order valence-corrected chi connectivity index (χ2v) is 8.06. The zero-order chi connectivity index (χ0) is 20.5. The number of nitrogens with zero attached hydrogens (tertiary/aromatic N) is 3. The van der Waals surface area contributed by atoms with Gasteiger partial charge in [0.1, 0.15) is 11.4 Å². The van der Waals surface area contributed by atoms with E-state index < -0.39 is 0 Å². The molecule has 1 amide bonds. The summed E-state index contributed by atoms with van der Waals surface area (Å²) < 4.78 is 8.99. The molecule has 1 aliphatic heterocycles. The summed E-state index contributed by atoms with van der Waals surface area (Å²) >= 11 is 0. The summed E-state index contributed by atoms with van der Waals surface area (Å²) in [7, 11) is 0. The van der Waals surface area contributed by atoms with Crippen LogP contribution in [0.5, 0.6) is 0 Å². The number of nitrogens with one attached hydrogen (secondary N) is 1. The minimum atomic E-state index is -0.0375. The predicted octanol–water partition coefficient (Wildman–Crippen LogP) is 2.88.